The van der Waals surface area contributed by atoms with Crippen molar-refractivity contribution in [1.82, 2.24) is 15.1 Å². The minimum atomic E-state index is -0.831. The zero-order valence-electron chi connectivity index (χ0n) is 16.8. The van der Waals surface area contributed by atoms with Crippen molar-refractivity contribution in [2.75, 3.05) is 34.3 Å². The largest absolute Gasteiger partial charge is 0.302 e. The van der Waals surface area contributed by atoms with Gasteiger partial charge in [-0.2, -0.15) is 10.3 Å². The second kappa shape index (κ2) is 8.17. The molecular weight excluding hydrogens is 328 g/mol. The monoisotopic (exact) mass is 358 g/mol. The predicted octanol–water partition coefficient (Wildman–Crippen LogP) is 2.38. The van der Waals surface area contributed by atoms with Gasteiger partial charge in [0.05, 0.1) is 19.6 Å². The standard InChI is InChI=1S/C20H30N4O2/c1-15-11-16(2)18(17(3)12-15)13-19(25)24(22(4)5)20(14-21)7-9-23(26-6)10-8-20/h11-12H,7-10,13H2,1-6H3. The molecule has 0 spiro atoms. The molecule has 1 fully saturated rings. The molecule has 0 radical (unpaired) electrons. The third kappa shape index (κ3) is 4.07. The molecule has 1 amide bonds. The normalized spacial score (nSPS) is 17.2. The summed E-state index contributed by atoms with van der Waals surface area (Å²) in [5, 5.41) is 15.2. The average molecular weight is 358 g/mol. The average Bonchev–Trinajstić information content (AvgIpc) is 2.58. The van der Waals surface area contributed by atoms with Gasteiger partial charge >= 0.3 is 0 Å². The van der Waals surface area contributed by atoms with E-state index in [-0.39, 0.29) is 5.91 Å². The number of nitrogens with zero attached hydrogens (tertiary/aromatic N) is 4. The Balaban J connectivity index is 2.30. The number of piperidine rings is 1. The molecule has 0 saturated carbocycles. The predicted molar refractivity (Wildman–Crippen MR) is 101 cm³/mol. The van der Waals surface area contributed by atoms with Gasteiger partial charge in [-0.25, -0.2) is 5.01 Å². The van der Waals surface area contributed by atoms with Gasteiger partial charge in [0, 0.05) is 40.0 Å². The van der Waals surface area contributed by atoms with Crippen molar-refractivity contribution in [3.8, 4) is 6.07 Å². The minimum absolute atomic E-state index is 0.0440. The lowest BCUT2D eigenvalue weighted by atomic mass is 9.88. The summed E-state index contributed by atoms with van der Waals surface area (Å²) in [6.45, 7) is 7.40. The molecule has 1 aromatic carbocycles. The van der Waals surface area contributed by atoms with E-state index < -0.39 is 5.54 Å². The van der Waals surface area contributed by atoms with Crippen LogP contribution in [0, 0.1) is 32.1 Å². The number of hydrogen-bond donors (Lipinski definition) is 0. The highest BCUT2D eigenvalue weighted by atomic mass is 16.7. The first-order chi connectivity index (χ1) is 12.2. The molecule has 0 atom stereocenters. The zero-order chi connectivity index (χ0) is 19.5. The van der Waals surface area contributed by atoms with E-state index in [1.54, 1.807) is 17.1 Å². The van der Waals surface area contributed by atoms with Gasteiger partial charge in [-0.1, -0.05) is 17.7 Å². The molecule has 0 aliphatic carbocycles. The molecule has 1 heterocycles. The Bertz CT molecular complexity index is 677. The summed E-state index contributed by atoms with van der Waals surface area (Å²) in [6, 6.07) is 6.64. The van der Waals surface area contributed by atoms with E-state index in [1.165, 1.54) is 5.56 Å². The van der Waals surface area contributed by atoms with Gasteiger partial charge < -0.3 is 4.84 Å². The molecule has 26 heavy (non-hydrogen) atoms. The van der Waals surface area contributed by atoms with Crippen LogP contribution in [0.4, 0.5) is 0 Å². The van der Waals surface area contributed by atoms with Crippen LogP contribution in [-0.4, -0.2) is 60.8 Å². The van der Waals surface area contributed by atoms with E-state index in [9.17, 15) is 10.1 Å². The van der Waals surface area contributed by atoms with Gasteiger partial charge in [-0.15, -0.1) is 0 Å². The number of nitriles is 1. The van der Waals surface area contributed by atoms with Crippen molar-refractivity contribution in [2.24, 2.45) is 0 Å². The summed E-state index contributed by atoms with van der Waals surface area (Å²) >= 11 is 0. The molecule has 6 heteroatoms. The highest BCUT2D eigenvalue weighted by molar-refractivity contribution is 5.80. The number of carbonyl (C=O) groups is 1. The number of hydroxylamine groups is 2. The molecule has 2 rings (SSSR count). The fourth-order valence-corrected chi connectivity index (χ4v) is 3.97. The lowest BCUT2D eigenvalue weighted by molar-refractivity contribution is -0.181. The molecule has 1 saturated heterocycles. The number of amides is 1. The Morgan fingerprint density at radius 2 is 1.77 bits per heavy atom. The van der Waals surface area contributed by atoms with Crippen molar-refractivity contribution >= 4 is 5.91 Å². The maximum absolute atomic E-state index is 13.2. The van der Waals surface area contributed by atoms with Gasteiger partial charge in [-0.3, -0.25) is 9.80 Å². The summed E-state index contributed by atoms with van der Waals surface area (Å²) in [4.78, 5) is 18.5. The van der Waals surface area contributed by atoms with E-state index in [0.29, 0.717) is 32.4 Å². The van der Waals surface area contributed by atoms with E-state index in [4.69, 9.17) is 4.84 Å². The third-order valence-corrected chi connectivity index (χ3v) is 5.23. The van der Waals surface area contributed by atoms with Gasteiger partial charge in [-0.05, 0) is 37.5 Å². The first kappa shape index (κ1) is 20.4. The number of aryl methyl sites for hydroxylation is 3. The lowest BCUT2D eigenvalue weighted by Crippen LogP contribution is -2.61. The molecule has 0 aromatic heterocycles. The topological polar surface area (TPSA) is 59.8 Å². The highest BCUT2D eigenvalue weighted by Crippen LogP contribution is 2.30. The molecule has 0 bridgehead atoms. The fourth-order valence-electron chi connectivity index (χ4n) is 3.97. The zero-order valence-corrected chi connectivity index (χ0v) is 16.8. The molecular formula is C20H30N4O2. The number of carbonyl (C=O) groups excluding carboxylic acids is 1. The molecule has 0 unspecified atom stereocenters. The van der Waals surface area contributed by atoms with Crippen LogP contribution >= 0.6 is 0 Å². The quantitative estimate of drug-likeness (QED) is 0.757. The van der Waals surface area contributed by atoms with E-state index in [2.05, 4.69) is 25.1 Å². The van der Waals surface area contributed by atoms with Crippen LogP contribution in [0.3, 0.4) is 0 Å². The number of rotatable bonds is 5. The Hall–Kier alpha value is -1.94. The fraction of sp³-hybridized carbons (Fsp3) is 0.600. The van der Waals surface area contributed by atoms with Crippen LogP contribution < -0.4 is 0 Å². The van der Waals surface area contributed by atoms with Crippen LogP contribution in [0.25, 0.3) is 0 Å². The van der Waals surface area contributed by atoms with Crippen LogP contribution in [0.2, 0.25) is 0 Å². The van der Waals surface area contributed by atoms with Crippen LogP contribution in [0.1, 0.15) is 35.1 Å². The van der Waals surface area contributed by atoms with Crippen LogP contribution in [-0.2, 0) is 16.1 Å². The maximum Gasteiger partial charge on any atom is 0.242 e. The smallest absolute Gasteiger partial charge is 0.242 e. The van der Waals surface area contributed by atoms with E-state index in [1.807, 2.05) is 33.0 Å². The van der Waals surface area contributed by atoms with Crippen LogP contribution in [0.5, 0.6) is 0 Å². The van der Waals surface area contributed by atoms with Crippen molar-refractivity contribution in [1.29, 1.82) is 5.26 Å². The Kier molecular flexibility index (Phi) is 6.40. The van der Waals surface area contributed by atoms with Gasteiger partial charge in [0.2, 0.25) is 5.91 Å². The number of hydrogen-bond acceptors (Lipinski definition) is 5. The van der Waals surface area contributed by atoms with Gasteiger partial charge in [0.1, 0.15) is 5.54 Å². The first-order valence-corrected chi connectivity index (χ1v) is 9.01. The Morgan fingerprint density at radius 3 is 2.19 bits per heavy atom. The third-order valence-electron chi connectivity index (χ3n) is 5.23. The van der Waals surface area contributed by atoms with Crippen molar-refractivity contribution < 1.29 is 9.63 Å². The molecule has 6 nitrogen and oxygen atoms in total. The van der Waals surface area contributed by atoms with Gasteiger partial charge in [0.15, 0.2) is 0 Å². The van der Waals surface area contributed by atoms with E-state index in [0.717, 1.165) is 16.7 Å². The molecule has 142 valence electrons. The summed E-state index contributed by atoms with van der Waals surface area (Å²) in [6.07, 6.45) is 1.42. The van der Waals surface area contributed by atoms with E-state index >= 15 is 0 Å². The van der Waals surface area contributed by atoms with Crippen molar-refractivity contribution in [3.63, 3.8) is 0 Å². The summed E-state index contributed by atoms with van der Waals surface area (Å²) in [5.74, 6) is -0.0440. The Morgan fingerprint density at radius 1 is 1.23 bits per heavy atom. The number of hydrazine groups is 1. The number of benzene rings is 1. The lowest BCUT2D eigenvalue weighted by Gasteiger charge is -2.46. The molecule has 1 aliphatic heterocycles. The van der Waals surface area contributed by atoms with Crippen molar-refractivity contribution in [2.45, 2.75) is 45.6 Å². The second-order valence-electron chi connectivity index (χ2n) is 7.36. The maximum atomic E-state index is 13.2. The first-order valence-electron chi connectivity index (χ1n) is 9.01. The highest BCUT2D eigenvalue weighted by Gasteiger charge is 2.44. The molecule has 1 aromatic rings. The SMILES string of the molecule is CON1CCC(C#N)(N(C(=O)Cc2c(C)cc(C)cc2C)N(C)C)CC1. The summed E-state index contributed by atoms with van der Waals surface area (Å²) < 4.78 is 0. The summed E-state index contributed by atoms with van der Waals surface area (Å²) in [5.41, 5.74) is 3.66. The van der Waals surface area contributed by atoms with Crippen molar-refractivity contribution in [3.05, 3.63) is 34.4 Å². The second-order valence-corrected chi connectivity index (χ2v) is 7.36. The summed E-state index contributed by atoms with van der Waals surface area (Å²) in [7, 11) is 5.29. The Labute approximate surface area is 156 Å². The minimum Gasteiger partial charge on any atom is -0.302 e. The van der Waals surface area contributed by atoms with Crippen LogP contribution in [0.15, 0.2) is 12.1 Å². The van der Waals surface area contributed by atoms with Gasteiger partial charge in [0.25, 0.3) is 0 Å². The molecule has 1 aliphatic rings. The molecule has 0 N–H and O–H groups in total.